The Morgan fingerprint density at radius 3 is 2.58 bits per heavy atom. The van der Waals surface area contributed by atoms with Crippen LogP contribution >= 0.6 is 58.1 Å². The first-order valence-electron chi connectivity index (χ1n) is 9.33. The quantitative estimate of drug-likeness (QED) is 0.393. The van der Waals surface area contributed by atoms with Crippen LogP contribution < -0.4 is 10.7 Å². The first-order valence-corrected chi connectivity index (χ1v) is 12.9. The Hall–Kier alpha value is -2.06. The molecular weight excluding hydrogens is 533 g/mol. The van der Waals surface area contributed by atoms with Crippen LogP contribution in [0.4, 0.5) is 0 Å². The SMILES string of the molecule is Cc1nnc(SCC2=C(C(=O)O)N3C(=O)[C@H](NC(=O)Cn4cc(Cl)c(=O)c(Cl)c4)[C@H]3SC2)s1. The van der Waals surface area contributed by atoms with E-state index < -0.39 is 34.6 Å². The van der Waals surface area contributed by atoms with Crippen molar-refractivity contribution >= 4 is 75.8 Å². The number of rotatable bonds is 7. The van der Waals surface area contributed by atoms with E-state index in [0.29, 0.717) is 17.1 Å². The van der Waals surface area contributed by atoms with Gasteiger partial charge in [0.25, 0.3) is 5.91 Å². The van der Waals surface area contributed by atoms with Gasteiger partial charge in [-0.1, -0.05) is 46.3 Å². The Morgan fingerprint density at radius 1 is 1.27 bits per heavy atom. The maximum Gasteiger partial charge on any atom is 0.352 e. The fourth-order valence-electron chi connectivity index (χ4n) is 3.32. The minimum atomic E-state index is -1.19. The molecule has 0 saturated carbocycles. The molecule has 2 aliphatic heterocycles. The van der Waals surface area contributed by atoms with E-state index in [4.69, 9.17) is 23.2 Å². The molecule has 1 saturated heterocycles. The van der Waals surface area contributed by atoms with Crippen molar-refractivity contribution in [2.45, 2.75) is 29.2 Å². The van der Waals surface area contributed by atoms with Crippen molar-refractivity contribution in [3.63, 3.8) is 0 Å². The number of carboxylic acids is 1. The number of fused-ring (bicyclic) bond motifs is 1. The highest BCUT2D eigenvalue weighted by atomic mass is 35.5. The number of aromatic nitrogens is 3. The number of aliphatic carboxylic acids is 1. The largest absolute Gasteiger partial charge is 0.477 e. The lowest BCUT2D eigenvalue weighted by atomic mass is 10.0. The monoisotopic (exact) mass is 547 g/mol. The molecule has 0 spiro atoms. The number of carbonyl (C=O) groups excluding carboxylic acids is 2. The van der Waals surface area contributed by atoms with E-state index in [2.05, 4.69) is 15.5 Å². The molecule has 1 fully saturated rings. The molecule has 15 heteroatoms. The van der Waals surface area contributed by atoms with Gasteiger partial charge in [-0.2, -0.15) is 0 Å². The molecule has 4 heterocycles. The number of carboxylic acid groups (broad SMARTS) is 1. The summed E-state index contributed by atoms with van der Waals surface area (Å²) in [6.45, 7) is 1.62. The third kappa shape index (κ3) is 4.92. The van der Waals surface area contributed by atoms with E-state index in [1.807, 2.05) is 6.92 Å². The van der Waals surface area contributed by atoms with Crippen LogP contribution in [-0.2, 0) is 20.9 Å². The van der Waals surface area contributed by atoms with Crippen molar-refractivity contribution in [1.29, 1.82) is 0 Å². The van der Waals surface area contributed by atoms with E-state index in [1.165, 1.54) is 56.7 Å². The molecule has 33 heavy (non-hydrogen) atoms. The zero-order valence-corrected chi connectivity index (χ0v) is 20.7. The van der Waals surface area contributed by atoms with Crippen molar-refractivity contribution in [2.75, 3.05) is 11.5 Å². The predicted octanol–water partition coefficient (Wildman–Crippen LogP) is 1.85. The maximum atomic E-state index is 12.8. The Kier molecular flexibility index (Phi) is 7.05. The molecule has 2 aromatic heterocycles. The van der Waals surface area contributed by atoms with Gasteiger partial charge in [0, 0.05) is 23.9 Å². The van der Waals surface area contributed by atoms with E-state index >= 15 is 0 Å². The number of aryl methyl sites for hydroxylation is 1. The molecule has 2 aromatic rings. The normalized spacial score (nSPS) is 19.8. The van der Waals surface area contributed by atoms with Crippen LogP contribution in [0.2, 0.25) is 10.0 Å². The zero-order chi connectivity index (χ0) is 23.9. The van der Waals surface area contributed by atoms with Crippen LogP contribution in [0.1, 0.15) is 5.01 Å². The number of nitrogens with zero attached hydrogens (tertiary/aromatic N) is 4. The van der Waals surface area contributed by atoms with E-state index in [0.717, 1.165) is 9.35 Å². The fourth-order valence-corrected chi connectivity index (χ4v) is 7.12. The highest BCUT2D eigenvalue weighted by Gasteiger charge is 2.54. The van der Waals surface area contributed by atoms with Gasteiger partial charge in [0.1, 0.15) is 38.7 Å². The number of amides is 2. The summed E-state index contributed by atoms with van der Waals surface area (Å²) in [4.78, 5) is 50.0. The Bertz CT molecular complexity index is 1220. The molecule has 2 aliphatic rings. The molecule has 0 aromatic carbocycles. The smallest absolute Gasteiger partial charge is 0.352 e. The fraction of sp³-hybridized carbons (Fsp3) is 0.333. The Balaban J connectivity index is 1.43. The van der Waals surface area contributed by atoms with Crippen LogP contribution in [0.15, 0.2) is 32.8 Å². The molecule has 4 rings (SSSR count). The number of halogens is 2. The molecule has 10 nitrogen and oxygen atoms in total. The first-order chi connectivity index (χ1) is 15.7. The molecule has 174 valence electrons. The molecule has 2 atom stereocenters. The topological polar surface area (TPSA) is 134 Å². The van der Waals surface area contributed by atoms with Crippen LogP contribution in [0.3, 0.4) is 0 Å². The van der Waals surface area contributed by atoms with Crippen molar-refractivity contribution in [2.24, 2.45) is 0 Å². The van der Waals surface area contributed by atoms with E-state index in [9.17, 15) is 24.3 Å². The second-order valence-electron chi connectivity index (χ2n) is 7.04. The number of nitrogens with one attached hydrogen (secondary N) is 1. The summed E-state index contributed by atoms with van der Waals surface area (Å²) in [5.74, 6) is -1.43. The number of β-lactam (4-membered cyclic amide) rings is 1. The minimum absolute atomic E-state index is 0.0537. The molecule has 0 radical (unpaired) electrons. The summed E-state index contributed by atoms with van der Waals surface area (Å²) in [5.41, 5.74) is 0.0147. The van der Waals surface area contributed by atoms with Crippen LogP contribution in [0.25, 0.3) is 0 Å². The average Bonchev–Trinajstić information content (AvgIpc) is 3.18. The van der Waals surface area contributed by atoms with Crippen molar-refractivity contribution in [3.05, 3.63) is 48.9 Å². The Morgan fingerprint density at radius 2 is 1.97 bits per heavy atom. The first kappa shape index (κ1) is 24.1. The summed E-state index contributed by atoms with van der Waals surface area (Å²) >= 11 is 15.8. The van der Waals surface area contributed by atoms with Crippen molar-refractivity contribution in [1.82, 2.24) is 25.0 Å². The molecule has 0 unspecified atom stereocenters. The number of pyridine rings is 1. The summed E-state index contributed by atoms with van der Waals surface area (Å²) in [7, 11) is 0. The molecule has 0 bridgehead atoms. The summed E-state index contributed by atoms with van der Waals surface area (Å²) in [6, 6.07) is -0.859. The van der Waals surface area contributed by atoms with Crippen LogP contribution in [0, 0.1) is 6.92 Å². The second-order valence-corrected chi connectivity index (χ2v) is 11.4. The van der Waals surface area contributed by atoms with Gasteiger partial charge in [0.2, 0.25) is 11.3 Å². The van der Waals surface area contributed by atoms with Gasteiger partial charge < -0.3 is 15.0 Å². The number of hydrogen-bond acceptors (Lipinski definition) is 9. The third-order valence-corrected chi connectivity index (χ3v) is 8.70. The molecule has 2 N–H and O–H groups in total. The number of hydrogen-bond donors (Lipinski definition) is 2. The number of thioether (sulfide) groups is 2. The van der Waals surface area contributed by atoms with Crippen molar-refractivity contribution in [3.8, 4) is 0 Å². The van der Waals surface area contributed by atoms with Gasteiger partial charge in [-0.15, -0.1) is 22.0 Å². The third-order valence-electron chi connectivity index (χ3n) is 4.76. The van der Waals surface area contributed by atoms with Gasteiger partial charge in [0.05, 0.1) is 0 Å². The van der Waals surface area contributed by atoms with Crippen molar-refractivity contribution < 1.29 is 19.5 Å². The zero-order valence-electron chi connectivity index (χ0n) is 16.8. The van der Waals surface area contributed by atoms with Gasteiger partial charge >= 0.3 is 5.97 Å². The maximum absolute atomic E-state index is 12.8. The van der Waals surface area contributed by atoms with Crippen LogP contribution in [0.5, 0.6) is 0 Å². The standard InChI is InChI=1S/C18H15Cl2N5O5S3/c1-7-22-23-18(33-7)32-6-8-5-31-16-12(15(28)25(16)13(8)17(29)30)21-11(26)4-24-2-9(19)14(27)10(20)3-24/h2-3,12,16H,4-6H2,1H3,(H,21,26)(H,29,30)/t12-,16+/m0/s1. The average molecular weight is 548 g/mol. The molecule has 2 amide bonds. The summed E-state index contributed by atoms with van der Waals surface area (Å²) < 4.78 is 2.06. The van der Waals surface area contributed by atoms with Gasteiger partial charge in [-0.25, -0.2) is 4.79 Å². The highest BCUT2D eigenvalue weighted by Crippen LogP contribution is 2.41. The number of carbonyl (C=O) groups is 3. The lowest BCUT2D eigenvalue weighted by Gasteiger charge is -2.49. The van der Waals surface area contributed by atoms with E-state index in [-0.39, 0.29) is 22.3 Å². The van der Waals surface area contributed by atoms with E-state index in [1.54, 1.807) is 0 Å². The van der Waals surface area contributed by atoms with Gasteiger partial charge in [-0.3, -0.25) is 19.3 Å². The molecule has 0 aliphatic carbocycles. The highest BCUT2D eigenvalue weighted by molar-refractivity contribution is 8.01. The lowest BCUT2D eigenvalue weighted by molar-refractivity contribution is -0.150. The Labute approximate surface area is 209 Å². The summed E-state index contributed by atoms with van der Waals surface area (Å²) in [6.07, 6.45) is 2.54. The van der Waals surface area contributed by atoms with Crippen LogP contribution in [-0.4, -0.2) is 65.5 Å². The second kappa shape index (κ2) is 9.66. The predicted molar refractivity (Wildman–Crippen MR) is 126 cm³/mol. The van der Waals surface area contributed by atoms with Gasteiger partial charge in [-0.05, 0) is 12.5 Å². The minimum Gasteiger partial charge on any atom is -0.477 e. The lowest BCUT2D eigenvalue weighted by Crippen LogP contribution is -2.70. The summed E-state index contributed by atoms with van der Waals surface area (Å²) in [5, 5.41) is 20.4. The van der Waals surface area contributed by atoms with Gasteiger partial charge in [0.15, 0.2) is 4.34 Å². The molecular formula is C18H15Cl2N5O5S3.